The van der Waals surface area contributed by atoms with Crippen molar-refractivity contribution in [1.29, 1.82) is 0 Å². The molecule has 0 fully saturated rings. The molecular weight excluding hydrogens is 194 g/mol. The minimum atomic E-state index is -2.80. The highest BCUT2D eigenvalue weighted by Gasteiger charge is 2.17. The summed E-state index contributed by atoms with van der Waals surface area (Å²) in [6.45, 7) is 1.38. The molecule has 0 spiro atoms. The standard InChI is InChI=1S/C8H8F2N2O2/c1-3-6(11)4(7(9)10)2-5(12-3)8(13)14/h2,7H,11H2,1H3,(H,13,14). The van der Waals surface area contributed by atoms with E-state index in [0.717, 1.165) is 6.07 Å². The molecule has 0 radical (unpaired) electrons. The van der Waals surface area contributed by atoms with E-state index in [1.54, 1.807) is 0 Å². The van der Waals surface area contributed by atoms with Gasteiger partial charge < -0.3 is 10.8 Å². The van der Waals surface area contributed by atoms with E-state index in [-0.39, 0.29) is 11.4 Å². The van der Waals surface area contributed by atoms with Crippen LogP contribution < -0.4 is 5.73 Å². The number of halogens is 2. The molecule has 0 saturated carbocycles. The van der Waals surface area contributed by atoms with Crippen LogP contribution in [0.3, 0.4) is 0 Å². The molecule has 0 saturated heterocycles. The van der Waals surface area contributed by atoms with Gasteiger partial charge in [-0.2, -0.15) is 0 Å². The fraction of sp³-hybridized carbons (Fsp3) is 0.250. The van der Waals surface area contributed by atoms with E-state index in [0.29, 0.717) is 0 Å². The smallest absolute Gasteiger partial charge is 0.354 e. The van der Waals surface area contributed by atoms with Gasteiger partial charge in [0.1, 0.15) is 5.69 Å². The number of hydrogen-bond acceptors (Lipinski definition) is 3. The molecule has 0 atom stereocenters. The number of nitrogens with two attached hydrogens (primary N) is 1. The molecule has 0 aliphatic rings. The number of aromatic nitrogens is 1. The van der Waals surface area contributed by atoms with Gasteiger partial charge in [0.15, 0.2) is 0 Å². The number of nitrogens with zero attached hydrogens (tertiary/aromatic N) is 1. The summed E-state index contributed by atoms with van der Waals surface area (Å²) in [7, 11) is 0. The zero-order chi connectivity index (χ0) is 10.9. The van der Waals surface area contributed by atoms with Crippen molar-refractivity contribution in [3.05, 3.63) is 23.0 Å². The van der Waals surface area contributed by atoms with Crippen molar-refractivity contribution >= 4 is 11.7 Å². The molecule has 3 N–H and O–H groups in total. The molecule has 0 aliphatic heterocycles. The number of rotatable bonds is 2. The second kappa shape index (κ2) is 3.57. The second-order valence-electron chi connectivity index (χ2n) is 2.70. The number of carboxylic acid groups (broad SMARTS) is 1. The molecule has 1 heterocycles. The minimum Gasteiger partial charge on any atom is -0.477 e. The molecule has 1 rings (SSSR count). The third kappa shape index (κ3) is 1.78. The third-order valence-electron chi connectivity index (χ3n) is 1.74. The lowest BCUT2D eigenvalue weighted by Gasteiger charge is -2.07. The van der Waals surface area contributed by atoms with Gasteiger partial charge in [0, 0.05) is 5.56 Å². The predicted molar refractivity (Wildman–Crippen MR) is 45.3 cm³/mol. The normalized spacial score (nSPS) is 10.6. The van der Waals surface area contributed by atoms with Crippen molar-refractivity contribution in [1.82, 2.24) is 4.98 Å². The van der Waals surface area contributed by atoms with Gasteiger partial charge in [0.05, 0.1) is 11.4 Å². The van der Waals surface area contributed by atoms with Gasteiger partial charge in [-0.25, -0.2) is 18.6 Å². The molecule has 0 amide bonds. The molecule has 0 aromatic carbocycles. The first-order valence-corrected chi connectivity index (χ1v) is 3.72. The summed E-state index contributed by atoms with van der Waals surface area (Å²) in [5.41, 5.74) is 4.34. The molecular formula is C8H8F2N2O2. The number of alkyl halides is 2. The molecule has 6 heteroatoms. The van der Waals surface area contributed by atoms with Gasteiger partial charge in [-0.3, -0.25) is 0 Å². The minimum absolute atomic E-state index is 0.0974. The lowest BCUT2D eigenvalue weighted by atomic mass is 10.1. The Hall–Kier alpha value is -1.72. The largest absolute Gasteiger partial charge is 0.477 e. The van der Waals surface area contributed by atoms with Gasteiger partial charge in [-0.15, -0.1) is 0 Å². The number of aryl methyl sites for hydroxylation is 1. The second-order valence-corrected chi connectivity index (χ2v) is 2.70. The van der Waals surface area contributed by atoms with Crippen LogP contribution in [0.15, 0.2) is 6.07 Å². The highest BCUT2D eigenvalue weighted by atomic mass is 19.3. The summed E-state index contributed by atoms with van der Waals surface area (Å²) in [4.78, 5) is 14.0. The van der Waals surface area contributed by atoms with Crippen LogP contribution in [0.1, 0.15) is 28.2 Å². The van der Waals surface area contributed by atoms with Crippen LogP contribution in [0.2, 0.25) is 0 Å². The van der Waals surface area contributed by atoms with Crippen LogP contribution in [0.4, 0.5) is 14.5 Å². The number of aromatic carboxylic acids is 1. The number of carbonyl (C=O) groups is 1. The quantitative estimate of drug-likeness (QED) is 0.763. The first-order chi connectivity index (χ1) is 6.43. The molecule has 0 bridgehead atoms. The number of hydrogen-bond donors (Lipinski definition) is 2. The summed E-state index contributed by atoms with van der Waals surface area (Å²) in [6, 6.07) is 0.787. The SMILES string of the molecule is Cc1nc(C(=O)O)cc(C(F)F)c1N. The van der Waals surface area contributed by atoms with Crippen LogP contribution in [0, 0.1) is 6.92 Å². The topological polar surface area (TPSA) is 76.2 Å². The van der Waals surface area contributed by atoms with E-state index < -0.39 is 23.7 Å². The van der Waals surface area contributed by atoms with Crippen molar-refractivity contribution in [2.75, 3.05) is 5.73 Å². The Balaban J connectivity index is 3.35. The summed E-state index contributed by atoms with van der Waals surface area (Å²) >= 11 is 0. The maximum absolute atomic E-state index is 12.4. The molecule has 76 valence electrons. The number of carboxylic acids is 1. The summed E-state index contributed by atoms with van der Waals surface area (Å²) < 4.78 is 24.7. The van der Waals surface area contributed by atoms with E-state index in [1.165, 1.54) is 6.92 Å². The molecule has 1 aromatic rings. The average Bonchev–Trinajstić information content (AvgIpc) is 2.08. The van der Waals surface area contributed by atoms with Crippen LogP contribution >= 0.6 is 0 Å². The Morgan fingerprint density at radius 1 is 1.64 bits per heavy atom. The fourth-order valence-electron chi connectivity index (χ4n) is 0.997. The summed E-state index contributed by atoms with van der Waals surface area (Å²) in [5.74, 6) is -1.35. The lowest BCUT2D eigenvalue weighted by molar-refractivity contribution is 0.0689. The van der Waals surface area contributed by atoms with Crippen LogP contribution in [-0.2, 0) is 0 Å². The third-order valence-corrected chi connectivity index (χ3v) is 1.74. The Kier molecular flexibility index (Phi) is 2.64. The number of nitrogen functional groups attached to an aromatic ring is 1. The van der Waals surface area contributed by atoms with Crippen molar-refractivity contribution in [2.45, 2.75) is 13.3 Å². The molecule has 14 heavy (non-hydrogen) atoms. The average molecular weight is 202 g/mol. The van der Waals surface area contributed by atoms with Crippen molar-refractivity contribution in [3.8, 4) is 0 Å². The number of pyridine rings is 1. The van der Waals surface area contributed by atoms with Gasteiger partial charge in [-0.05, 0) is 13.0 Å². The van der Waals surface area contributed by atoms with E-state index in [9.17, 15) is 13.6 Å². The van der Waals surface area contributed by atoms with E-state index in [4.69, 9.17) is 10.8 Å². The van der Waals surface area contributed by atoms with E-state index in [2.05, 4.69) is 4.98 Å². The van der Waals surface area contributed by atoms with Crippen LogP contribution in [0.5, 0.6) is 0 Å². The van der Waals surface area contributed by atoms with Crippen LogP contribution in [-0.4, -0.2) is 16.1 Å². The van der Waals surface area contributed by atoms with E-state index >= 15 is 0 Å². The lowest BCUT2D eigenvalue weighted by Crippen LogP contribution is -2.07. The Labute approximate surface area is 78.4 Å². The Bertz CT molecular complexity index is 380. The Morgan fingerprint density at radius 2 is 2.21 bits per heavy atom. The first-order valence-electron chi connectivity index (χ1n) is 3.72. The first kappa shape index (κ1) is 10.4. The summed E-state index contributed by atoms with van der Waals surface area (Å²) in [5, 5.41) is 8.56. The van der Waals surface area contributed by atoms with Gasteiger partial charge >= 0.3 is 5.97 Å². The summed E-state index contributed by atoms with van der Waals surface area (Å²) in [6.07, 6.45) is -2.80. The maximum Gasteiger partial charge on any atom is 0.354 e. The van der Waals surface area contributed by atoms with Gasteiger partial charge in [0.2, 0.25) is 0 Å². The van der Waals surface area contributed by atoms with Crippen molar-refractivity contribution in [2.24, 2.45) is 0 Å². The molecule has 1 aromatic heterocycles. The zero-order valence-corrected chi connectivity index (χ0v) is 7.29. The zero-order valence-electron chi connectivity index (χ0n) is 7.29. The van der Waals surface area contributed by atoms with Crippen LogP contribution in [0.25, 0.3) is 0 Å². The molecule has 0 unspecified atom stereocenters. The van der Waals surface area contributed by atoms with Gasteiger partial charge in [0.25, 0.3) is 6.43 Å². The Morgan fingerprint density at radius 3 is 2.64 bits per heavy atom. The number of anilines is 1. The molecule has 4 nitrogen and oxygen atoms in total. The van der Waals surface area contributed by atoms with E-state index in [1.807, 2.05) is 0 Å². The predicted octanol–water partition coefficient (Wildman–Crippen LogP) is 1.61. The monoisotopic (exact) mass is 202 g/mol. The van der Waals surface area contributed by atoms with Gasteiger partial charge in [-0.1, -0.05) is 0 Å². The maximum atomic E-state index is 12.4. The fourth-order valence-corrected chi connectivity index (χ4v) is 0.997. The highest BCUT2D eigenvalue weighted by Crippen LogP contribution is 2.27. The molecule has 0 aliphatic carbocycles. The highest BCUT2D eigenvalue weighted by molar-refractivity contribution is 5.86. The van der Waals surface area contributed by atoms with Crippen molar-refractivity contribution in [3.63, 3.8) is 0 Å². The van der Waals surface area contributed by atoms with Crippen molar-refractivity contribution < 1.29 is 18.7 Å².